The molecule has 1 N–H and O–H groups in total. The number of thiophene rings is 1. The van der Waals surface area contributed by atoms with Gasteiger partial charge in [0.05, 0.1) is 5.69 Å². The molecule has 0 saturated heterocycles. The number of hydrogen-bond donors (Lipinski definition) is 1. The highest BCUT2D eigenvalue weighted by atomic mass is 32.1. The number of nitrogens with one attached hydrogen (secondary N) is 1. The Morgan fingerprint density at radius 1 is 1.40 bits per heavy atom. The van der Waals surface area contributed by atoms with Gasteiger partial charge in [-0.2, -0.15) is 11.3 Å². The molecule has 1 amide bonds. The third-order valence-electron chi connectivity index (χ3n) is 3.48. The molecule has 0 saturated carbocycles. The lowest BCUT2D eigenvalue weighted by Crippen LogP contribution is -2.28. The molecule has 0 aliphatic heterocycles. The Morgan fingerprint density at radius 3 is 2.75 bits per heavy atom. The minimum atomic E-state index is 0.00776. The van der Waals surface area contributed by atoms with E-state index in [4.69, 9.17) is 0 Å². The molecular weight excluding hydrogens is 288 g/mol. The number of carbonyl (C=O) groups excluding carboxylic acids is 1. The van der Waals surface area contributed by atoms with Crippen LogP contribution in [0.25, 0.3) is 10.6 Å². The molecule has 0 fully saturated rings. The summed E-state index contributed by atoms with van der Waals surface area (Å²) in [4.78, 5) is 17.5. The molecule has 2 rings (SSSR count). The molecule has 2 aromatic rings. The van der Waals surface area contributed by atoms with Crippen molar-refractivity contribution in [3.63, 3.8) is 0 Å². The number of hydrogen-bond acceptors (Lipinski definition) is 4. The lowest BCUT2D eigenvalue weighted by molar-refractivity contribution is 0.0949. The second-order valence-corrected chi connectivity index (χ2v) is 6.62. The number of carbonyl (C=O) groups is 1. The van der Waals surface area contributed by atoms with E-state index in [9.17, 15) is 4.79 Å². The van der Waals surface area contributed by atoms with Crippen LogP contribution in [-0.4, -0.2) is 17.4 Å². The van der Waals surface area contributed by atoms with E-state index < -0.39 is 0 Å². The van der Waals surface area contributed by atoms with Crippen molar-refractivity contribution < 1.29 is 4.79 Å². The number of rotatable bonds is 6. The first-order valence-corrected chi connectivity index (χ1v) is 8.69. The van der Waals surface area contributed by atoms with E-state index in [0.717, 1.165) is 40.5 Å². The van der Waals surface area contributed by atoms with Crippen LogP contribution >= 0.6 is 22.7 Å². The quantitative estimate of drug-likeness (QED) is 0.862. The summed E-state index contributed by atoms with van der Waals surface area (Å²) in [5.74, 6) is 0.567. The number of thiazole rings is 1. The summed E-state index contributed by atoms with van der Waals surface area (Å²) in [6.45, 7) is 6.97. The Hall–Kier alpha value is -1.20. The van der Waals surface area contributed by atoms with Crippen LogP contribution < -0.4 is 5.32 Å². The Kier molecular flexibility index (Phi) is 5.31. The van der Waals surface area contributed by atoms with Crippen LogP contribution in [-0.2, 0) is 0 Å². The second kappa shape index (κ2) is 6.99. The Balaban J connectivity index is 2.07. The van der Waals surface area contributed by atoms with Crippen molar-refractivity contribution in [3.05, 3.63) is 27.4 Å². The third-order valence-corrected chi connectivity index (χ3v) is 5.37. The van der Waals surface area contributed by atoms with Crippen LogP contribution in [0.15, 0.2) is 16.8 Å². The van der Waals surface area contributed by atoms with Crippen molar-refractivity contribution in [2.75, 3.05) is 6.54 Å². The van der Waals surface area contributed by atoms with Crippen LogP contribution in [0.4, 0.5) is 0 Å². The maximum Gasteiger partial charge on any atom is 0.263 e. The van der Waals surface area contributed by atoms with Crippen molar-refractivity contribution in [3.8, 4) is 10.6 Å². The van der Waals surface area contributed by atoms with Crippen molar-refractivity contribution in [2.24, 2.45) is 5.92 Å². The first kappa shape index (κ1) is 15.2. The van der Waals surface area contributed by atoms with Gasteiger partial charge in [-0.15, -0.1) is 11.3 Å². The summed E-state index contributed by atoms with van der Waals surface area (Å²) in [7, 11) is 0. The SMILES string of the molecule is CCC(CC)CNC(=O)c1sc(-c2ccsc2)nc1C. The Morgan fingerprint density at radius 2 is 2.15 bits per heavy atom. The van der Waals surface area contributed by atoms with Crippen molar-refractivity contribution in [1.29, 1.82) is 0 Å². The number of amides is 1. The summed E-state index contributed by atoms with van der Waals surface area (Å²) >= 11 is 3.12. The summed E-state index contributed by atoms with van der Waals surface area (Å²) in [5.41, 5.74) is 1.92. The van der Waals surface area contributed by atoms with Gasteiger partial charge in [0.25, 0.3) is 5.91 Å². The molecule has 0 unspecified atom stereocenters. The summed E-state index contributed by atoms with van der Waals surface area (Å²) in [6.07, 6.45) is 2.19. The van der Waals surface area contributed by atoms with E-state index in [2.05, 4.69) is 29.5 Å². The van der Waals surface area contributed by atoms with Crippen LogP contribution in [0.3, 0.4) is 0 Å². The molecule has 2 aromatic heterocycles. The third kappa shape index (κ3) is 3.46. The van der Waals surface area contributed by atoms with E-state index in [-0.39, 0.29) is 5.91 Å². The topological polar surface area (TPSA) is 42.0 Å². The van der Waals surface area contributed by atoms with Crippen LogP contribution in [0, 0.1) is 12.8 Å². The van der Waals surface area contributed by atoms with Gasteiger partial charge in [-0.3, -0.25) is 4.79 Å². The first-order chi connectivity index (χ1) is 9.65. The fraction of sp³-hybridized carbons (Fsp3) is 0.467. The van der Waals surface area contributed by atoms with E-state index in [1.807, 2.05) is 18.4 Å². The Bertz CT molecular complexity index is 556. The van der Waals surface area contributed by atoms with E-state index in [1.165, 1.54) is 11.3 Å². The predicted molar refractivity (Wildman–Crippen MR) is 86.6 cm³/mol. The van der Waals surface area contributed by atoms with Gasteiger partial charge in [0.15, 0.2) is 0 Å². The van der Waals surface area contributed by atoms with Gasteiger partial charge in [-0.25, -0.2) is 4.98 Å². The van der Waals surface area contributed by atoms with Gasteiger partial charge >= 0.3 is 0 Å². The van der Waals surface area contributed by atoms with E-state index >= 15 is 0 Å². The molecule has 0 radical (unpaired) electrons. The van der Waals surface area contributed by atoms with Gasteiger partial charge in [0.1, 0.15) is 9.88 Å². The second-order valence-electron chi connectivity index (χ2n) is 4.84. The average Bonchev–Trinajstić information content (AvgIpc) is 3.08. The fourth-order valence-corrected chi connectivity index (χ4v) is 3.71. The Labute approximate surface area is 128 Å². The van der Waals surface area contributed by atoms with Gasteiger partial charge in [0, 0.05) is 17.5 Å². The van der Waals surface area contributed by atoms with Crippen molar-refractivity contribution in [2.45, 2.75) is 33.6 Å². The minimum Gasteiger partial charge on any atom is -0.351 e. The van der Waals surface area contributed by atoms with Gasteiger partial charge in [0.2, 0.25) is 0 Å². The average molecular weight is 308 g/mol. The monoisotopic (exact) mass is 308 g/mol. The molecular formula is C15H20N2OS2. The van der Waals surface area contributed by atoms with Gasteiger partial charge in [-0.05, 0) is 24.3 Å². The van der Waals surface area contributed by atoms with Crippen molar-refractivity contribution in [1.82, 2.24) is 10.3 Å². The van der Waals surface area contributed by atoms with Crippen LogP contribution in [0.2, 0.25) is 0 Å². The molecule has 0 atom stereocenters. The van der Waals surface area contributed by atoms with Gasteiger partial charge < -0.3 is 5.32 Å². The zero-order valence-electron chi connectivity index (χ0n) is 12.1. The molecule has 0 aliphatic rings. The molecule has 0 spiro atoms. The summed E-state index contributed by atoms with van der Waals surface area (Å²) in [6, 6.07) is 2.04. The highest BCUT2D eigenvalue weighted by Gasteiger charge is 2.17. The molecule has 20 heavy (non-hydrogen) atoms. The number of aromatic nitrogens is 1. The maximum absolute atomic E-state index is 12.2. The van der Waals surface area contributed by atoms with E-state index in [1.54, 1.807) is 11.3 Å². The number of nitrogens with zero attached hydrogens (tertiary/aromatic N) is 1. The zero-order chi connectivity index (χ0) is 14.5. The van der Waals surface area contributed by atoms with Gasteiger partial charge in [-0.1, -0.05) is 26.7 Å². The standard InChI is InChI=1S/C15H20N2OS2/c1-4-11(5-2)8-16-14(18)13-10(3)17-15(20-13)12-6-7-19-9-12/h6-7,9,11H,4-5,8H2,1-3H3,(H,16,18). The van der Waals surface area contributed by atoms with Crippen molar-refractivity contribution >= 4 is 28.6 Å². The number of aryl methyl sites for hydroxylation is 1. The minimum absolute atomic E-state index is 0.00776. The lowest BCUT2D eigenvalue weighted by atomic mass is 10.0. The predicted octanol–water partition coefficient (Wildman–Crippen LogP) is 4.35. The molecule has 0 aromatic carbocycles. The molecule has 2 heterocycles. The van der Waals surface area contributed by atoms with Crippen LogP contribution in [0.1, 0.15) is 42.1 Å². The summed E-state index contributed by atoms with van der Waals surface area (Å²) in [5, 5.41) is 8.05. The largest absolute Gasteiger partial charge is 0.351 e. The molecule has 0 bridgehead atoms. The van der Waals surface area contributed by atoms with E-state index in [0.29, 0.717) is 5.92 Å². The highest BCUT2D eigenvalue weighted by Crippen LogP contribution is 2.29. The summed E-state index contributed by atoms with van der Waals surface area (Å²) < 4.78 is 0. The fourth-order valence-electron chi connectivity index (χ4n) is 2.01. The maximum atomic E-state index is 12.2. The highest BCUT2D eigenvalue weighted by molar-refractivity contribution is 7.17. The smallest absolute Gasteiger partial charge is 0.263 e. The molecule has 5 heteroatoms. The normalized spacial score (nSPS) is 11.0. The molecule has 0 aliphatic carbocycles. The molecule has 108 valence electrons. The lowest BCUT2D eigenvalue weighted by Gasteiger charge is -2.12. The molecule has 3 nitrogen and oxygen atoms in total. The van der Waals surface area contributed by atoms with Crippen LogP contribution in [0.5, 0.6) is 0 Å². The zero-order valence-corrected chi connectivity index (χ0v) is 13.7. The first-order valence-electron chi connectivity index (χ1n) is 6.93.